The van der Waals surface area contributed by atoms with Gasteiger partial charge in [0.2, 0.25) is 17.8 Å². The van der Waals surface area contributed by atoms with Gasteiger partial charge in [-0.3, -0.25) is 9.36 Å². The van der Waals surface area contributed by atoms with Crippen LogP contribution in [0.15, 0.2) is 24.4 Å². The van der Waals surface area contributed by atoms with E-state index in [1.54, 1.807) is 6.20 Å². The number of aliphatic hydroxyl groups is 1. The Balaban J connectivity index is 1.48. The van der Waals surface area contributed by atoms with Crippen LogP contribution in [0.3, 0.4) is 0 Å². The Bertz CT molecular complexity index is 1220. The highest BCUT2D eigenvalue weighted by molar-refractivity contribution is 5.78. The van der Waals surface area contributed by atoms with E-state index in [0.29, 0.717) is 48.7 Å². The van der Waals surface area contributed by atoms with Crippen LogP contribution in [0.1, 0.15) is 57.4 Å². The number of primary amides is 1. The summed E-state index contributed by atoms with van der Waals surface area (Å²) in [4.78, 5) is 25.4. The number of aromatic nitrogens is 4. The molecule has 5 rings (SSSR count). The molecule has 0 saturated heterocycles. The number of nitrogens with zero attached hydrogens (tertiary/aromatic N) is 4. The molecular formula is C24H29F2N7O2. The van der Waals surface area contributed by atoms with E-state index in [0.717, 1.165) is 31.7 Å². The van der Waals surface area contributed by atoms with Crippen molar-refractivity contribution in [3.05, 3.63) is 36.0 Å². The fourth-order valence-corrected chi connectivity index (χ4v) is 5.13. The summed E-state index contributed by atoms with van der Waals surface area (Å²) in [5.41, 5.74) is 6.74. The van der Waals surface area contributed by atoms with Gasteiger partial charge in [0.15, 0.2) is 5.65 Å². The maximum atomic E-state index is 14.4. The quantitative estimate of drug-likeness (QED) is 0.418. The first kappa shape index (κ1) is 23.4. The van der Waals surface area contributed by atoms with Crippen LogP contribution in [0, 0.1) is 17.6 Å². The molecule has 2 heterocycles. The minimum absolute atomic E-state index is 0.0332. The number of carbonyl (C=O) groups excluding carboxylic acids is 1. The van der Waals surface area contributed by atoms with Crippen molar-refractivity contribution < 1.29 is 18.7 Å². The summed E-state index contributed by atoms with van der Waals surface area (Å²) >= 11 is 0. The van der Waals surface area contributed by atoms with E-state index >= 15 is 0 Å². The van der Waals surface area contributed by atoms with Crippen LogP contribution < -0.4 is 16.4 Å². The normalized spacial score (nSPS) is 24.9. The summed E-state index contributed by atoms with van der Waals surface area (Å²) in [6.07, 6.45) is 7.16. The largest absolute Gasteiger partial charge is 0.393 e. The molecule has 35 heavy (non-hydrogen) atoms. The third kappa shape index (κ3) is 5.04. The molecule has 2 aromatic heterocycles. The molecule has 1 aromatic carbocycles. The van der Waals surface area contributed by atoms with Crippen molar-refractivity contribution in [2.45, 2.75) is 69.6 Å². The zero-order chi connectivity index (χ0) is 24.5. The van der Waals surface area contributed by atoms with Gasteiger partial charge in [-0.05, 0) is 63.5 Å². The van der Waals surface area contributed by atoms with Crippen LogP contribution in [-0.2, 0) is 4.79 Å². The van der Waals surface area contributed by atoms with Crippen LogP contribution in [0.2, 0.25) is 0 Å². The fraction of sp³-hybridized carbons (Fsp3) is 0.500. The molecule has 1 amide bonds. The maximum Gasteiger partial charge on any atom is 0.224 e. The molecule has 0 radical (unpaired) electrons. The van der Waals surface area contributed by atoms with E-state index in [9.17, 15) is 18.7 Å². The number of nitrogens with one attached hydrogen (secondary N) is 2. The molecule has 186 valence electrons. The molecule has 2 aliphatic carbocycles. The van der Waals surface area contributed by atoms with E-state index in [1.807, 2.05) is 4.57 Å². The number of hydrogen-bond donors (Lipinski definition) is 4. The average molecular weight is 486 g/mol. The van der Waals surface area contributed by atoms with Gasteiger partial charge >= 0.3 is 0 Å². The molecule has 9 nitrogen and oxygen atoms in total. The van der Waals surface area contributed by atoms with Crippen molar-refractivity contribution in [2.24, 2.45) is 11.7 Å². The first-order valence-corrected chi connectivity index (χ1v) is 12.1. The van der Waals surface area contributed by atoms with Gasteiger partial charge in [0.1, 0.15) is 17.2 Å². The first-order chi connectivity index (χ1) is 16.9. The third-order valence-corrected chi connectivity index (χ3v) is 7.10. The number of halogens is 2. The summed E-state index contributed by atoms with van der Waals surface area (Å²) in [5.74, 6) is -1.01. The number of amides is 1. The van der Waals surface area contributed by atoms with Gasteiger partial charge in [0.05, 0.1) is 18.0 Å². The predicted molar refractivity (Wildman–Crippen MR) is 127 cm³/mol. The Morgan fingerprint density at radius 3 is 2.49 bits per heavy atom. The van der Waals surface area contributed by atoms with Crippen molar-refractivity contribution in [3.8, 4) is 0 Å². The molecule has 0 spiro atoms. The highest BCUT2D eigenvalue weighted by atomic mass is 19.1. The lowest BCUT2D eigenvalue weighted by molar-refractivity contribution is -0.122. The van der Waals surface area contributed by atoms with Gasteiger partial charge in [-0.25, -0.2) is 18.7 Å². The predicted octanol–water partition coefficient (Wildman–Crippen LogP) is 3.78. The van der Waals surface area contributed by atoms with Gasteiger partial charge < -0.3 is 21.5 Å². The number of fused-ring (bicyclic) bond motifs is 1. The Morgan fingerprint density at radius 2 is 1.80 bits per heavy atom. The van der Waals surface area contributed by atoms with E-state index in [4.69, 9.17) is 10.7 Å². The summed E-state index contributed by atoms with van der Waals surface area (Å²) in [6, 6.07) is 3.46. The van der Waals surface area contributed by atoms with Gasteiger partial charge in [-0.15, -0.1) is 0 Å². The van der Waals surface area contributed by atoms with E-state index in [-0.39, 0.29) is 35.7 Å². The first-order valence-electron chi connectivity index (χ1n) is 12.1. The molecule has 3 aromatic rings. The molecule has 11 heteroatoms. The Labute approximate surface area is 201 Å². The number of rotatable bonds is 6. The van der Waals surface area contributed by atoms with Gasteiger partial charge in [-0.1, -0.05) is 0 Å². The molecule has 2 aliphatic rings. The standard InChI is InChI=1S/C24H29F2N7O2/c25-14-3-10-19(18(26)11-14)30-24-31-20-12-28-23(29-15-4-8-17(34)9-5-15)32-22(20)33(24)16-6-1-13(2-7-16)21(27)35/h3,10-13,15-17,34H,1-2,4-9H2,(H2,27,35)(H,30,31)(H,28,29,32)/t13-,15-,16+,17-. The second-order valence-electron chi connectivity index (χ2n) is 9.51. The molecule has 0 bridgehead atoms. The molecular weight excluding hydrogens is 456 g/mol. The minimum Gasteiger partial charge on any atom is -0.393 e. The second-order valence-corrected chi connectivity index (χ2v) is 9.51. The Hall–Kier alpha value is -3.34. The van der Waals surface area contributed by atoms with Crippen molar-refractivity contribution in [1.29, 1.82) is 0 Å². The topological polar surface area (TPSA) is 131 Å². The van der Waals surface area contributed by atoms with Crippen LogP contribution >= 0.6 is 0 Å². The van der Waals surface area contributed by atoms with Crippen LogP contribution in [0.5, 0.6) is 0 Å². The second kappa shape index (κ2) is 9.73. The number of anilines is 3. The van der Waals surface area contributed by atoms with Crippen LogP contribution in [0.4, 0.5) is 26.4 Å². The molecule has 0 atom stereocenters. The number of hydrogen-bond acceptors (Lipinski definition) is 7. The van der Waals surface area contributed by atoms with Crippen molar-refractivity contribution >= 4 is 34.7 Å². The van der Waals surface area contributed by atoms with E-state index in [1.165, 1.54) is 12.1 Å². The zero-order valence-corrected chi connectivity index (χ0v) is 19.3. The average Bonchev–Trinajstić information content (AvgIpc) is 3.19. The van der Waals surface area contributed by atoms with E-state index < -0.39 is 11.6 Å². The minimum atomic E-state index is -0.728. The highest BCUT2D eigenvalue weighted by Crippen LogP contribution is 2.37. The lowest BCUT2D eigenvalue weighted by Gasteiger charge is -2.29. The molecule has 2 fully saturated rings. The van der Waals surface area contributed by atoms with Gasteiger partial charge in [0, 0.05) is 24.1 Å². The monoisotopic (exact) mass is 485 g/mol. The summed E-state index contributed by atoms with van der Waals surface area (Å²) < 4.78 is 29.8. The van der Waals surface area contributed by atoms with Crippen LogP contribution in [0.25, 0.3) is 11.2 Å². The van der Waals surface area contributed by atoms with Crippen molar-refractivity contribution in [1.82, 2.24) is 19.5 Å². The number of nitrogens with two attached hydrogens (primary N) is 1. The zero-order valence-electron chi connectivity index (χ0n) is 19.3. The van der Waals surface area contributed by atoms with Gasteiger partial charge in [-0.2, -0.15) is 4.98 Å². The molecule has 0 unspecified atom stereocenters. The SMILES string of the molecule is NC(=O)[C@H]1CC[C@@H](n2c(Nc3ccc(F)cc3F)nc3cnc(N[C@H]4CC[C@H](O)CC4)nc32)CC1. The highest BCUT2D eigenvalue weighted by Gasteiger charge is 2.29. The van der Waals surface area contributed by atoms with Crippen molar-refractivity contribution in [2.75, 3.05) is 10.6 Å². The molecule has 5 N–H and O–H groups in total. The summed E-state index contributed by atoms with van der Waals surface area (Å²) in [7, 11) is 0. The third-order valence-electron chi connectivity index (χ3n) is 7.10. The molecule has 2 saturated carbocycles. The number of benzene rings is 1. The Morgan fingerprint density at radius 1 is 1.06 bits per heavy atom. The van der Waals surface area contributed by atoms with E-state index in [2.05, 4.69) is 20.6 Å². The lowest BCUT2D eigenvalue weighted by Crippen LogP contribution is -2.29. The Kier molecular flexibility index (Phi) is 6.50. The maximum absolute atomic E-state index is 14.4. The smallest absolute Gasteiger partial charge is 0.224 e. The van der Waals surface area contributed by atoms with Gasteiger partial charge in [0.25, 0.3) is 0 Å². The number of carbonyl (C=O) groups is 1. The number of aliphatic hydroxyl groups excluding tert-OH is 1. The summed E-state index contributed by atoms with van der Waals surface area (Å²) in [6.45, 7) is 0. The van der Waals surface area contributed by atoms with Crippen LogP contribution in [-0.4, -0.2) is 42.7 Å². The van der Waals surface area contributed by atoms with Crippen molar-refractivity contribution in [3.63, 3.8) is 0 Å². The molecule has 0 aliphatic heterocycles. The lowest BCUT2D eigenvalue weighted by atomic mass is 9.85. The summed E-state index contributed by atoms with van der Waals surface area (Å²) in [5, 5.41) is 16.1. The fourth-order valence-electron chi connectivity index (χ4n) is 5.13. The number of imidazole rings is 1.